The van der Waals surface area contributed by atoms with Crippen LogP contribution in [-0.4, -0.2) is 45.1 Å². The highest BCUT2D eigenvalue weighted by atomic mass is 35.7. The van der Waals surface area contributed by atoms with Crippen molar-refractivity contribution in [1.29, 1.82) is 0 Å². The molecule has 0 aliphatic heterocycles. The second-order valence-electron chi connectivity index (χ2n) is 1.54. The van der Waals surface area contributed by atoms with Crippen molar-refractivity contribution in [3.63, 3.8) is 0 Å². The first-order valence-electron chi connectivity index (χ1n) is 2.95. The number of halogens is 2. The molecule has 0 amide bonds. The molecule has 0 aromatic carbocycles. The van der Waals surface area contributed by atoms with Crippen molar-refractivity contribution in [1.82, 2.24) is 0 Å². The van der Waals surface area contributed by atoms with Gasteiger partial charge in [-0.1, -0.05) is 0 Å². The monoisotopic (exact) mass is 236 g/mol. The third-order valence-electron chi connectivity index (χ3n) is 0.842. The van der Waals surface area contributed by atoms with Gasteiger partial charge in [0.1, 0.15) is 5.91 Å². The van der Waals surface area contributed by atoms with Gasteiger partial charge in [0.05, 0.1) is 10.2 Å². The average Bonchev–Trinajstić information content (AvgIpc) is 2.04. The summed E-state index contributed by atoms with van der Waals surface area (Å²) in [7, 11) is 4.02. The molecule has 0 saturated heterocycles. The van der Waals surface area contributed by atoms with Crippen molar-refractivity contribution < 1.29 is 13.9 Å². The molecule has 0 aromatic heterocycles. The van der Waals surface area contributed by atoms with Crippen LogP contribution in [0.1, 0.15) is 0 Å². The SMILES string of the molecule is COC([SiH3])OC.CO[SiH](Cl)Cl. The minimum absolute atomic E-state index is 0.0741. The van der Waals surface area contributed by atoms with E-state index in [2.05, 4.69) is 4.43 Å². The summed E-state index contributed by atoms with van der Waals surface area (Å²) in [6.07, 6.45) is 0. The summed E-state index contributed by atoms with van der Waals surface area (Å²) in [6, 6.07) is 0. The predicted molar refractivity (Wildman–Crippen MR) is 53.6 cm³/mol. The summed E-state index contributed by atoms with van der Waals surface area (Å²) >= 11 is 10.3. The third-order valence-corrected chi connectivity index (χ3v) is 3.21. The normalized spacial score (nSPS) is 10.1. The van der Waals surface area contributed by atoms with E-state index in [1.807, 2.05) is 0 Å². The molecule has 7 heteroatoms. The lowest BCUT2D eigenvalue weighted by Crippen LogP contribution is -2.11. The van der Waals surface area contributed by atoms with Crippen LogP contribution < -0.4 is 0 Å². The zero-order chi connectivity index (χ0) is 9.28. The Morgan fingerprint density at radius 3 is 1.45 bits per heavy atom. The topological polar surface area (TPSA) is 27.7 Å². The first kappa shape index (κ1) is 14.4. The van der Waals surface area contributed by atoms with E-state index in [4.69, 9.17) is 31.6 Å². The van der Waals surface area contributed by atoms with Crippen LogP contribution in [0.4, 0.5) is 0 Å². The van der Waals surface area contributed by atoms with E-state index >= 15 is 0 Å². The molecule has 0 bridgehead atoms. The van der Waals surface area contributed by atoms with Crippen LogP contribution in [0.2, 0.25) is 0 Å². The van der Waals surface area contributed by atoms with Crippen molar-refractivity contribution in [3.8, 4) is 0 Å². The minimum Gasteiger partial charge on any atom is -0.398 e. The molecule has 11 heavy (non-hydrogen) atoms. The van der Waals surface area contributed by atoms with Gasteiger partial charge in [-0.2, -0.15) is 0 Å². The number of methoxy groups -OCH3 is 2. The van der Waals surface area contributed by atoms with Gasteiger partial charge in [-0.05, 0) is 0 Å². The van der Waals surface area contributed by atoms with Crippen molar-refractivity contribution in [2.24, 2.45) is 0 Å². The number of rotatable bonds is 3. The zero-order valence-electron chi connectivity index (χ0n) is 7.14. The van der Waals surface area contributed by atoms with Crippen LogP contribution in [0.15, 0.2) is 0 Å². The van der Waals surface area contributed by atoms with Crippen molar-refractivity contribution in [2.45, 2.75) is 5.91 Å². The summed E-state index contributed by atoms with van der Waals surface area (Å²) in [6.45, 7) is 0. The van der Waals surface area contributed by atoms with Crippen LogP contribution in [0.3, 0.4) is 0 Å². The van der Waals surface area contributed by atoms with Crippen molar-refractivity contribution >= 4 is 40.1 Å². The first-order chi connectivity index (χ1) is 5.08. The van der Waals surface area contributed by atoms with Gasteiger partial charge in [0.2, 0.25) is 0 Å². The largest absolute Gasteiger partial charge is 0.398 e. The van der Waals surface area contributed by atoms with Crippen molar-refractivity contribution in [2.75, 3.05) is 21.3 Å². The van der Waals surface area contributed by atoms with E-state index in [1.165, 1.54) is 7.11 Å². The fourth-order valence-electron chi connectivity index (χ4n) is 0.0962. The molecule has 70 valence electrons. The van der Waals surface area contributed by atoms with E-state index in [0.717, 1.165) is 10.2 Å². The Kier molecular flexibility index (Phi) is 14.3. The summed E-state index contributed by atoms with van der Waals surface area (Å²) in [4.78, 5) is 0. The maximum absolute atomic E-state index is 5.14. The summed E-state index contributed by atoms with van der Waals surface area (Å²) in [5.74, 6) is 0.0741. The van der Waals surface area contributed by atoms with Gasteiger partial charge in [-0.25, -0.2) is 0 Å². The Morgan fingerprint density at radius 1 is 1.18 bits per heavy atom. The molecule has 0 radical (unpaired) electrons. The molecule has 3 nitrogen and oxygen atoms in total. The zero-order valence-corrected chi connectivity index (χ0v) is 11.8. The van der Waals surface area contributed by atoms with Gasteiger partial charge < -0.3 is 13.9 Å². The van der Waals surface area contributed by atoms with Gasteiger partial charge in [-0.15, -0.1) is 22.2 Å². The lowest BCUT2D eigenvalue weighted by Gasteiger charge is -2.03. The van der Waals surface area contributed by atoms with E-state index in [0.29, 0.717) is 0 Å². The predicted octanol–water partition coefficient (Wildman–Crippen LogP) is -0.244. The smallest absolute Gasteiger partial charge is 0.372 e. The highest BCUT2D eigenvalue weighted by Gasteiger charge is 1.92. The van der Waals surface area contributed by atoms with Crippen LogP contribution in [0.5, 0.6) is 0 Å². The van der Waals surface area contributed by atoms with Gasteiger partial charge in [0.15, 0.2) is 0 Å². The molecular formula is C4H14Cl2O3Si2. The fourth-order valence-corrected chi connectivity index (χ4v) is 0.0962. The molecular weight excluding hydrogens is 223 g/mol. The van der Waals surface area contributed by atoms with Crippen LogP contribution >= 0.6 is 22.2 Å². The fraction of sp³-hybridized carbons (Fsp3) is 1.00. The molecule has 0 rings (SSSR count). The molecule has 0 unspecified atom stereocenters. The molecule has 0 aliphatic rings. The minimum atomic E-state index is -1.71. The lowest BCUT2D eigenvalue weighted by molar-refractivity contribution is -0.0411. The molecule has 0 saturated carbocycles. The summed E-state index contributed by atoms with van der Waals surface area (Å²) < 4.78 is 13.9. The quantitative estimate of drug-likeness (QED) is 0.385. The second-order valence-corrected chi connectivity index (χ2v) is 6.52. The highest BCUT2D eigenvalue weighted by Crippen LogP contribution is 1.92. The van der Waals surface area contributed by atoms with Crippen LogP contribution in [0.25, 0.3) is 0 Å². The van der Waals surface area contributed by atoms with Crippen LogP contribution in [-0.2, 0) is 13.9 Å². The average molecular weight is 237 g/mol. The summed E-state index contributed by atoms with van der Waals surface area (Å²) in [5, 5.41) is 0. The Morgan fingerprint density at radius 2 is 1.45 bits per heavy atom. The van der Waals surface area contributed by atoms with Crippen LogP contribution in [0, 0.1) is 0 Å². The molecule has 0 aliphatic carbocycles. The molecule has 0 heterocycles. The number of ether oxygens (including phenoxy) is 2. The second kappa shape index (κ2) is 10.9. The third kappa shape index (κ3) is 18.1. The molecule has 0 spiro atoms. The first-order valence-corrected chi connectivity index (χ1v) is 8.06. The Labute approximate surface area is 81.5 Å². The molecule has 0 aromatic rings. The lowest BCUT2D eigenvalue weighted by atomic mass is 11.3. The molecule has 0 fully saturated rings. The molecule has 0 N–H and O–H groups in total. The van der Waals surface area contributed by atoms with Gasteiger partial charge in [0.25, 0.3) is 0 Å². The molecule has 0 atom stereocenters. The highest BCUT2D eigenvalue weighted by molar-refractivity contribution is 7.30. The Bertz CT molecular complexity index is 72.4. The van der Waals surface area contributed by atoms with E-state index in [1.54, 1.807) is 14.2 Å². The van der Waals surface area contributed by atoms with Gasteiger partial charge >= 0.3 is 7.66 Å². The summed E-state index contributed by atoms with van der Waals surface area (Å²) in [5.41, 5.74) is 0. The Hall–Kier alpha value is 0.894. The van der Waals surface area contributed by atoms with Gasteiger partial charge in [-0.3, -0.25) is 0 Å². The van der Waals surface area contributed by atoms with Gasteiger partial charge in [0, 0.05) is 21.3 Å². The number of hydrogen-bond acceptors (Lipinski definition) is 3. The van der Waals surface area contributed by atoms with E-state index in [-0.39, 0.29) is 5.91 Å². The van der Waals surface area contributed by atoms with E-state index in [9.17, 15) is 0 Å². The van der Waals surface area contributed by atoms with E-state index < -0.39 is 7.66 Å². The Balaban J connectivity index is 0. The standard InChI is InChI=1S/C3H10O2Si.CH4Cl2OSi/c1-4-3(6)5-2;1-4-5(2)3/h3H,1-2,6H3;5H,1H3. The maximum Gasteiger partial charge on any atom is 0.372 e. The number of hydrogen-bond donors (Lipinski definition) is 0. The maximum atomic E-state index is 5.14. The van der Waals surface area contributed by atoms with Crippen molar-refractivity contribution in [3.05, 3.63) is 0 Å².